The lowest BCUT2D eigenvalue weighted by molar-refractivity contribution is -0.137. The predicted molar refractivity (Wildman–Crippen MR) is 84.8 cm³/mol. The molecule has 2 rings (SSSR count). The van der Waals surface area contributed by atoms with Gasteiger partial charge in [0.25, 0.3) is 0 Å². The van der Waals surface area contributed by atoms with Gasteiger partial charge in [-0.05, 0) is 37.3 Å². The molecule has 0 radical (unpaired) electrons. The Morgan fingerprint density at radius 1 is 1.35 bits per heavy atom. The van der Waals surface area contributed by atoms with Crippen LogP contribution >= 0.6 is 11.8 Å². The zero-order valence-electron chi connectivity index (χ0n) is 12.7. The number of carbonyl (C=O) groups is 1. The fourth-order valence-corrected chi connectivity index (χ4v) is 3.18. The van der Waals surface area contributed by atoms with Crippen molar-refractivity contribution in [3.8, 4) is 0 Å². The zero-order chi connectivity index (χ0) is 16.9. The molecule has 128 valence electrons. The molecule has 0 atom stereocenters. The summed E-state index contributed by atoms with van der Waals surface area (Å²) in [5.74, 6) is 0. The first-order valence-electron chi connectivity index (χ1n) is 7.20. The maximum absolute atomic E-state index is 12.6. The monoisotopic (exact) mass is 348 g/mol. The molecule has 1 saturated heterocycles. The summed E-state index contributed by atoms with van der Waals surface area (Å²) in [6, 6.07) is 4.06. The first-order valence-corrected chi connectivity index (χ1v) is 8.42. The number of ether oxygens (including phenoxy) is 1. The topological polar surface area (TPSA) is 50.4 Å². The Labute approximate surface area is 137 Å². The number of benzene rings is 1. The summed E-state index contributed by atoms with van der Waals surface area (Å²) in [7, 11) is 0. The fourth-order valence-electron chi connectivity index (χ4n) is 2.39. The smallest absolute Gasteiger partial charge is 0.381 e. The van der Waals surface area contributed by atoms with E-state index in [1.165, 1.54) is 12.1 Å². The number of hydrogen-bond acceptors (Lipinski definition) is 3. The summed E-state index contributed by atoms with van der Waals surface area (Å²) in [5, 5.41) is 5.19. The van der Waals surface area contributed by atoms with Crippen molar-refractivity contribution < 1.29 is 22.7 Å². The molecule has 2 amide bonds. The van der Waals surface area contributed by atoms with Crippen LogP contribution in [0.4, 0.5) is 23.7 Å². The summed E-state index contributed by atoms with van der Waals surface area (Å²) < 4.78 is 43.2. The molecule has 0 aliphatic carbocycles. The number of carbonyl (C=O) groups excluding carboxylic acids is 1. The number of amides is 2. The van der Waals surface area contributed by atoms with Gasteiger partial charge in [-0.15, -0.1) is 0 Å². The van der Waals surface area contributed by atoms with Crippen LogP contribution in [0.5, 0.6) is 0 Å². The van der Waals surface area contributed by atoms with E-state index in [9.17, 15) is 18.0 Å². The summed E-state index contributed by atoms with van der Waals surface area (Å²) >= 11 is 1.68. The van der Waals surface area contributed by atoms with Crippen LogP contribution in [0.15, 0.2) is 24.3 Å². The number of urea groups is 1. The summed E-state index contributed by atoms with van der Waals surface area (Å²) in [6.45, 7) is 1.75. The largest absolute Gasteiger partial charge is 0.416 e. The third kappa shape index (κ3) is 5.04. The standard InChI is InChI=1S/C15H19F3N2O2S/c1-23-14(5-7-22-8-6-14)10-19-13(21)20-12-4-2-3-11(9-12)15(16,17)18/h2-4,9H,5-8,10H2,1H3,(H2,19,20,21). The second kappa shape index (κ2) is 7.44. The van der Waals surface area contributed by atoms with Gasteiger partial charge in [0.05, 0.1) is 5.56 Å². The van der Waals surface area contributed by atoms with E-state index in [1.807, 2.05) is 6.26 Å². The first-order chi connectivity index (χ1) is 10.8. The summed E-state index contributed by atoms with van der Waals surface area (Å²) in [4.78, 5) is 11.9. The minimum Gasteiger partial charge on any atom is -0.381 e. The van der Waals surface area contributed by atoms with Crippen molar-refractivity contribution >= 4 is 23.5 Å². The molecule has 1 aromatic rings. The molecule has 1 fully saturated rings. The van der Waals surface area contributed by atoms with Crippen LogP contribution in [-0.2, 0) is 10.9 Å². The Kier molecular flexibility index (Phi) is 5.80. The van der Waals surface area contributed by atoms with Gasteiger partial charge in [0, 0.05) is 30.2 Å². The molecule has 1 aromatic carbocycles. The molecule has 0 spiro atoms. The second-order valence-electron chi connectivity index (χ2n) is 5.39. The van der Waals surface area contributed by atoms with Crippen molar-refractivity contribution in [3.63, 3.8) is 0 Å². The molecule has 0 saturated carbocycles. The van der Waals surface area contributed by atoms with Crippen molar-refractivity contribution in [2.75, 3.05) is 31.3 Å². The Morgan fingerprint density at radius 2 is 2.04 bits per heavy atom. The van der Waals surface area contributed by atoms with E-state index in [2.05, 4.69) is 10.6 Å². The predicted octanol–water partition coefficient (Wildman–Crippen LogP) is 3.74. The van der Waals surface area contributed by atoms with Crippen molar-refractivity contribution in [1.29, 1.82) is 0 Å². The van der Waals surface area contributed by atoms with Gasteiger partial charge in [-0.2, -0.15) is 24.9 Å². The first kappa shape index (κ1) is 17.9. The van der Waals surface area contributed by atoms with E-state index in [-0.39, 0.29) is 10.4 Å². The van der Waals surface area contributed by atoms with Gasteiger partial charge in [0.1, 0.15) is 0 Å². The minimum absolute atomic E-state index is 0.0800. The number of hydrogen-bond donors (Lipinski definition) is 2. The fraction of sp³-hybridized carbons (Fsp3) is 0.533. The number of halogens is 3. The van der Waals surface area contributed by atoms with Gasteiger partial charge in [0.15, 0.2) is 0 Å². The number of anilines is 1. The average Bonchev–Trinajstić information content (AvgIpc) is 2.53. The van der Waals surface area contributed by atoms with Gasteiger partial charge in [-0.25, -0.2) is 4.79 Å². The molecule has 8 heteroatoms. The van der Waals surface area contributed by atoms with Crippen molar-refractivity contribution in [1.82, 2.24) is 5.32 Å². The highest BCUT2D eigenvalue weighted by atomic mass is 32.2. The maximum atomic E-state index is 12.6. The quantitative estimate of drug-likeness (QED) is 0.871. The summed E-state index contributed by atoms with van der Waals surface area (Å²) in [5.41, 5.74) is -0.678. The van der Waals surface area contributed by atoms with Gasteiger partial charge >= 0.3 is 12.2 Å². The Bertz CT molecular complexity index is 546. The van der Waals surface area contributed by atoms with Crippen molar-refractivity contribution in [3.05, 3.63) is 29.8 Å². The normalized spacial score (nSPS) is 17.6. The zero-order valence-corrected chi connectivity index (χ0v) is 13.5. The molecule has 0 bridgehead atoms. The number of rotatable bonds is 4. The lowest BCUT2D eigenvalue weighted by Crippen LogP contribution is -2.45. The highest BCUT2D eigenvalue weighted by Gasteiger charge is 2.32. The van der Waals surface area contributed by atoms with Crippen molar-refractivity contribution in [2.45, 2.75) is 23.8 Å². The average molecular weight is 348 g/mol. The molecular formula is C15H19F3N2O2S. The number of nitrogens with one attached hydrogen (secondary N) is 2. The highest BCUT2D eigenvalue weighted by molar-refractivity contribution is 8.00. The van der Waals surface area contributed by atoms with E-state index >= 15 is 0 Å². The molecule has 2 N–H and O–H groups in total. The third-order valence-electron chi connectivity index (χ3n) is 3.86. The summed E-state index contributed by atoms with van der Waals surface area (Å²) in [6.07, 6.45) is -0.785. The lowest BCUT2D eigenvalue weighted by atomic mass is 9.99. The van der Waals surface area contributed by atoms with E-state index in [0.717, 1.165) is 25.0 Å². The SMILES string of the molecule is CSC1(CNC(=O)Nc2cccc(C(F)(F)F)c2)CCOCC1. The second-order valence-corrected chi connectivity index (χ2v) is 6.66. The molecular weight excluding hydrogens is 329 g/mol. The van der Waals surface area contributed by atoms with E-state index < -0.39 is 17.8 Å². The van der Waals surface area contributed by atoms with Gasteiger partial charge in [0.2, 0.25) is 0 Å². The van der Waals surface area contributed by atoms with E-state index in [1.54, 1.807) is 11.8 Å². The molecule has 1 aliphatic rings. The van der Waals surface area contributed by atoms with Gasteiger partial charge in [-0.3, -0.25) is 0 Å². The Hall–Kier alpha value is -1.41. The third-order valence-corrected chi connectivity index (χ3v) is 5.27. The van der Waals surface area contributed by atoms with E-state index in [4.69, 9.17) is 4.74 Å². The molecule has 0 unspecified atom stereocenters. The lowest BCUT2D eigenvalue weighted by Gasteiger charge is -2.35. The van der Waals surface area contributed by atoms with Crippen LogP contribution in [-0.4, -0.2) is 36.8 Å². The Morgan fingerprint density at radius 3 is 2.65 bits per heavy atom. The number of thioether (sulfide) groups is 1. The Balaban J connectivity index is 1.92. The van der Waals surface area contributed by atoms with Crippen LogP contribution in [0.1, 0.15) is 18.4 Å². The van der Waals surface area contributed by atoms with Gasteiger partial charge < -0.3 is 15.4 Å². The van der Waals surface area contributed by atoms with Crippen LogP contribution in [0.2, 0.25) is 0 Å². The maximum Gasteiger partial charge on any atom is 0.416 e. The molecule has 0 aromatic heterocycles. The van der Waals surface area contributed by atoms with Crippen LogP contribution in [0.25, 0.3) is 0 Å². The van der Waals surface area contributed by atoms with Crippen molar-refractivity contribution in [2.24, 2.45) is 0 Å². The molecule has 4 nitrogen and oxygen atoms in total. The molecule has 1 aliphatic heterocycles. The van der Waals surface area contributed by atoms with Crippen LogP contribution in [0, 0.1) is 0 Å². The minimum atomic E-state index is -4.43. The molecule has 1 heterocycles. The van der Waals surface area contributed by atoms with Crippen LogP contribution < -0.4 is 10.6 Å². The van der Waals surface area contributed by atoms with E-state index in [0.29, 0.717) is 19.8 Å². The highest BCUT2D eigenvalue weighted by Crippen LogP contribution is 2.33. The molecule has 23 heavy (non-hydrogen) atoms. The van der Waals surface area contributed by atoms with Gasteiger partial charge in [-0.1, -0.05) is 6.07 Å². The van der Waals surface area contributed by atoms with Crippen LogP contribution in [0.3, 0.4) is 0 Å². The number of alkyl halides is 3.